The van der Waals surface area contributed by atoms with Crippen LogP contribution in [0.2, 0.25) is 0 Å². The van der Waals surface area contributed by atoms with Crippen molar-refractivity contribution < 1.29 is 23.8 Å². The van der Waals surface area contributed by atoms with Crippen LogP contribution in [0.25, 0.3) is 0 Å². The van der Waals surface area contributed by atoms with Gasteiger partial charge in [0.2, 0.25) is 0 Å². The van der Waals surface area contributed by atoms with Crippen molar-refractivity contribution >= 4 is 12.1 Å². The molecule has 0 N–H and O–H groups in total. The fraction of sp³-hybridized carbons (Fsp3) is 0.417. The molecule has 1 atom stereocenters. The van der Waals surface area contributed by atoms with Crippen molar-refractivity contribution in [1.82, 2.24) is 4.90 Å². The summed E-state index contributed by atoms with van der Waals surface area (Å²) in [6, 6.07) is 12.9. The first-order valence-corrected chi connectivity index (χ1v) is 10.1. The van der Waals surface area contributed by atoms with Gasteiger partial charge in [-0.3, -0.25) is 4.90 Å². The van der Waals surface area contributed by atoms with Crippen molar-refractivity contribution in [3.8, 4) is 5.75 Å². The maximum atomic E-state index is 12.7. The summed E-state index contributed by atoms with van der Waals surface area (Å²) in [7, 11) is 1.32. The van der Waals surface area contributed by atoms with Crippen LogP contribution in [0.3, 0.4) is 0 Å². The highest BCUT2D eigenvalue weighted by Crippen LogP contribution is 2.34. The van der Waals surface area contributed by atoms with Crippen LogP contribution in [-0.2, 0) is 27.3 Å². The molecule has 0 saturated carbocycles. The molecule has 2 aromatic rings. The average molecular weight is 411 g/mol. The molecular weight excluding hydrogens is 382 g/mol. The number of ether oxygens (including phenoxy) is 3. The Balaban J connectivity index is 1.80. The van der Waals surface area contributed by atoms with Gasteiger partial charge in [0.1, 0.15) is 18.0 Å². The van der Waals surface area contributed by atoms with Gasteiger partial charge >= 0.3 is 12.1 Å². The Bertz CT molecular complexity index is 914. The zero-order valence-electron chi connectivity index (χ0n) is 18.2. The fourth-order valence-corrected chi connectivity index (χ4v) is 3.43. The SMILES string of the molecule is COC(=O)[C@H]1c2ccc(OCc3ccc(C)cc3)cc2CCN1C(=O)OC(C)(C)C. The Morgan fingerprint density at radius 1 is 1.10 bits per heavy atom. The molecule has 0 bridgehead atoms. The van der Waals surface area contributed by atoms with Crippen molar-refractivity contribution in [3.63, 3.8) is 0 Å². The minimum Gasteiger partial charge on any atom is -0.489 e. The number of methoxy groups -OCH3 is 1. The van der Waals surface area contributed by atoms with Crippen LogP contribution >= 0.6 is 0 Å². The number of hydrogen-bond acceptors (Lipinski definition) is 5. The van der Waals surface area contributed by atoms with Crippen molar-refractivity contribution in [2.75, 3.05) is 13.7 Å². The summed E-state index contributed by atoms with van der Waals surface area (Å²) < 4.78 is 16.4. The van der Waals surface area contributed by atoms with Gasteiger partial charge in [0, 0.05) is 6.54 Å². The van der Waals surface area contributed by atoms with E-state index in [4.69, 9.17) is 14.2 Å². The van der Waals surface area contributed by atoms with Gasteiger partial charge < -0.3 is 14.2 Å². The highest BCUT2D eigenvalue weighted by molar-refractivity contribution is 5.84. The van der Waals surface area contributed by atoms with E-state index in [1.54, 1.807) is 20.8 Å². The van der Waals surface area contributed by atoms with Crippen molar-refractivity contribution in [2.24, 2.45) is 0 Å². The van der Waals surface area contributed by atoms with E-state index < -0.39 is 23.7 Å². The van der Waals surface area contributed by atoms with Crippen LogP contribution in [0, 0.1) is 6.92 Å². The third-order valence-corrected chi connectivity index (χ3v) is 4.92. The number of carbonyl (C=O) groups is 2. The smallest absolute Gasteiger partial charge is 0.411 e. The minimum absolute atomic E-state index is 0.364. The summed E-state index contributed by atoms with van der Waals surface area (Å²) in [5.41, 5.74) is 3.34. The summed E-state index contributed by atoms with van der Waals surface area (Å²) in [5.74, 6) is 0.235. The molecule has 3 rings (SSSR count). The lowest BCUT2D eigenvalue weighted by Crippen LogP contribution is -2.46. The van der Waals surface area contributed by atoms with Crippen LogP contribution in [0.15, 0.2) is 42.5 Å². The normalized spacial score (nSPS) is 15.9. The molecule has 1 amide bonds. The van der Waals surface area contributed by atoms with E-state index in [1.165, 1.54) is 17.6 Å². The second kappa shape index (κ2) is 8.78. The molecule has 0 aliphatic carbocycles. The number of fused-ring (bicyclic) bond motifs is 1. The van der Waals surface area contributed by atoms with Gasteiger partial charge in [0.25, 0.3) is 0 Å². The summed E-state index contributed by atoms with van der Waals surface area (Å²) in [5, 5.41) is 0. The Morgan fingerprint density at radius 2 is 1.80 bits per heavy atom. The number of hydrogen-bond donors (Lipinski definition) is 0. The van der Waals surface area contributed by atoms with Gasteiger partial charge in [-0.2, -0.15) is 0 Å². The zero-order chi connectivity index (χ0) is 21.9. The zero-order valence-corrected chi connectivity index (χ0v) is 18.2. The van der Waals surface area contributed by atoms with E-state index in [1.807, 2.05) is 37.3 Å². The van der Waals surface area contributed by atoms with Gasteiger partial charge in [0.15, 0.2) is 6.04 Å². The topological polar surface area (TPSA) is 65.1 Å². The van der Waals surface area contributed by atoms with Crippen LogP contribution in [-0.4, -0.2) is 36.2 Å². The monoisotopic (exact) mass is 411 g/mol. The molecule has 0 spiro atoms. The van der Waals surface area contributed by atoms with Crippen LogP contribution in [0.1, 0.15) is 49.1 Å². The third-order valence-electron chi connectivity index (χ3n) is 4.92. The van der Waals surface area contributed by atoms with Gasteiger partial charge in [-0.15, -0.1) is 0 Å². The number of rotatable bonds is 4. The number of benzene rings is 2. The molecule has 0 radical (unpaired) electrons. The van der Waals surface area contributed by atoms with Crippen molar-refractivity contribution in [3.05, 3.63) is 64.7 Å². The highest BCUT2D eigenvalue weighted by Gasteiger charge is 2.39. The Labute approximate surface area is 177 Å². The second-order valence-corrected chi connectivity index (χ2v) is 8.48. The molecule has 0 aromatic heterocycles. The van der Waals surface area contributed by atoms with Crippen molar-refractivity contribution in [1.29, 1.82) is 0 Å². The lowest BCUT2D eigenvalue weighted by molar-refractivity contribution is -0.147. The molecule has 30 heavy (non-hydrogen) atoms. The fourth-order valence-electron chi connectivity index (χ4n) is 3.43. The molecule has 2 aromatic carbocycles. The highest BCUT2D eigenvalue weighted by atomic mass is 16.6. The number of carbonyl (C=O) groups excluding carboxylic acids is 2. The lowest BCUT2D eigenvalue weighted by atomic mass is 9.92. The van der Waals surface area contributed by atoms with Gasteiger partial charge in [-0.25, -0.2) is 9.59 Å². The standard InChI is InChI=1S/C24H29NO5/c1-16-6-8-17(9-7-16)15-29-19-10-11-20-18(14-19)12-13-25(21(20)22(26)28-5)23(27)30-24(2,3)4/h6-11,14,21H,12-13,15H2,1-5H3/t21-/m1/s1. The van der Waals surface area contributed by atoms with Gasteiger partial charge in [-0.1, -0.05) is 35.9 Å². The van der Waals surface area contributed by atoms with E-state index >= 15 is 0 Å². The Morgan fingerprint density at radius 3 is 2.43 bits per heavy atom. The van der Waals surface area contributed by atoms with Crippen molar-refractivity contribution in [2.45, 2.75) is 52.4 Å². The largest absolute Gasteiger partial charge is 0.489 e. The number of aryl methyl sites for hydroxylation is 1. The van der Waals surface area contributed by atoms with Crippen LogP contribution < -0.4 is 4.74 Å². The Hall–Kier alpha value is -3.02. The molecule has 6 heteroatoms. The quantitative estimate of drug-likeness (QED) is 0.689. The van der Waals surface area contributed by atoms with E-state index in [-0.39, 0.29) is 0 Å². The summed E-state index contributed by atoms with van der Waals surface area (Å²) in [6.45, 7) is 8.27. The maximum absolute atomic E-state index is 12.7. The van der Waals surface area contributed by atoms with E-state index in [2.05, 4.69) is 12.1 Å². The molecule has 160 valence electrons. The predicted molar refractivity (Wildman–Crippen MR) is 113 cm³/mol. The number of amides is 1. The molecule has 0 fully saturated rings. The molecule has 0 unspecified atom stereocenters. The van der Waals surface area contributed by atoms with Gasteiger partial charge in [0.05, 0.1) is 7.11 Å². The third kappa shape index (κ3) is 5.12. The maximum Gasteiger partial charge on any atom is 0.411 e. The molecule has 1 heterocycles. The summed E-state index contributed by atoms with van der Waals surface area (Å²) in [6.07, 6.45) is 0.0762. The van der Waals surface area contributed by atoms with E-state index in [0.717, 1.165) is 22.4 Å². The first-order chi connectivity index (χ1) is 14.2. The first kappa shape index (κ1) is 21.7. The number of esters is 1. The Kier molecular flexibility index (Phi) is 6.34. The predicted octanol–water partition coefficient (Wildman–Crippen LogP) is 4.58. The lowest BCUT2D eigenvalue weighted by Gasteiger charge is -2.36. The average Bonchev–Trinajstić information content (AvgIpc) is 2.70. The molecule has 0 saturated heterocycles. The number of nitrogens with zero attached hydrogens (tertiary/aromatic N) is 1. The molecule has 1 aliphatic heterocycles. The second-order valence-electron chi connectivity index (χ2n) is 8.48. The molecule has 6 nitrogen and oxygen atoms in total. The summed E-state index contributed by atoms with van der Waals surface area (Å²) in [4.78, 5) is 26.6. The first-order valence-electron chi connectivity index (χ1n) is 10.1. The molecular formula is C24H29NO5. The van der Waals surface area contributed by atoms with Gasteiger partial charge in [-0.05, 0) is 62.9 Å². The van der Waals surface area contributed by atoms with Crippen LogP contribution in [0.4, 0.5) is 4.79 Å². The van der Waals surface area contributed by atoms with E-state index in [9.17, 15) is 9.59 Å². The molecule has 1 aliphatic rings. The summed E-state index contributed by atoms with van der Waals surface area (Å²) >= 11 is 0. The van der Waals surface area contributed by atoms with Crippen LogP contribution in [0.5, 0.6) is 5.75 Å². The van der Waals surface area contributed by atoms with E-state index in [0.29, 0.717) is 19.6 Å². The minimum atomic E-state index is -0.834.